The van der Waals surface area contributed by atoms with Crippen molar-refractivity contribution < 1.29 is 14.3 Å². The number of carbonyl (C=O) groups excluding carboxylic acids is 2. The number of rotatable bonds is 10. The molecule has 5 nitrogen and oxygen atoms in total. The SMILES string of the molecule is CC[C@@H](C(=O)NC)N(Cc1ccc(OC)cc1)C(=O)CSCc1ccc(Br)cc1. The molecule has 0 unspecified atom stereocenters. The number of amides is 2. The van der Waals surface area contributed by atoms with Crippen LogP contribution < -0.4 is 10.1 Å². The van der Waals surface area contributed by atoms with Crippen LogP contribution in [0.15, 0.2) is 53.0 Å². The van der Waals surface area contributed by atoms with E-state index >= 15 is 0 Å². The summed E-state index contributed by atoms with van der Waals surface area (Å²) in [6.45, 7) is 2.30. The lowest BCUT2D eigenvalue weighted by Crippen LogP contribution is -2.48. The molecule has 0 aliphatic heterocycles. The Morgan fingerprint density at radius 3 is 2.28 bits per heavy atom. The predicted molar refractivity (Wildman–Crippen MR) is 122 cm³/mol. The monoisotopic (exact) mass is 478 g/mol. The second kappa shape index (κ2) is 11.9. The third-order valence-electron chi connectivity index (χ3n) is 4.55. The molecule has 2 aromatic carbocycles. The first kappa shape index (κ1) is 23.3. The van der Waals surface area contributed by atoms with Crippen LogP contribution in [-0.2, 0) is 21.9 Å². The highest BCUT2D eigenvalue weighted by Crippen LogP contribution is 2.20. The normalized spacial score (nSPS) is 11.6. The van der Waals surface area contributed by atoms with E-state index in [-0.39, 0.29) is 11.8 Å². The number of hydrogen-bond donors (Lipinski definition) is 1. The van der Waals surface area contributed by atoms with E-state index in [1.807, 2.05) is 55.5 Å². The van der Waals surface area contributed by atoms with Crippen molar-refractivity contribution >= 4 is 39.5 Å². The number of nitrogens with one attached hydrogen (secondary N) is 1. The molecule has 0 aromatic heterocycles. The number of benzene rings is 2. The highest BCUT2D eigenvalue weighted by atomic mass is 79.9. The van der Waals surface area contributed by atoms with Crippen LogP contribution in [0.4, 0.5) is 0 Å². The maximum atomic E-state index is 13.0. The van der Waals surface area contributed by atoms with Gasteiger partial charge in [0.15, 0.2) is 0 Å². The maximum Gasteiger partial charge on any atom is 0.242 e. The molecule has 7 heteroatoms. The van der Waals surface area contributed by atoms with Crippen LogP contribution >= 0.6 is 27.7 Å². The van der Waals surface area contributed by atoms with Crippen molar-refractivity contribution in [1.82, 2.24) is 10.2 Å². The van der Waals surface area contributed by atoms with Crippen molar-refractivity contribution in [2.75, 3.05) is 19.9 Å². The molecule has 2 aromatic rings. The molecule has 2 amide bonds. The van der Waals surface area contributed by atoms with Crippen molar-refractivity contribution in [3.63, 3.8) is 0 Å². The Labute approximate surface area is 185 Å². The summed E-state index contributed by atoms with van der Waals surface area (Å²) >= 11 is 4.98. The number of hydrogen-bond acceptors (Lipinski definition) is 4. The molecule has 0 saturated carbocycles. The van der Waals surface area contributed by atoms with Gasteiger partial charge < -0.3 is 15.0 Å². The number of thioether (sulfide) groups is 1. The molecule has 1 N–H and O–H groups in total. The van der Waals surface area contributed by atoms with Crippen LogP contribution in [0.2, 0.25) is 0 Å². The Morgan fingerprint density at radius 2 is 1.72 bits per heavy atom. The smallest absolute Gasteiger partial charge is 0.242 e. The topological polar surface area (TPSA) is 58.6 Å². The number of likely N-dealkylation sites (N-methyl/N-ethyl adjacent to an activating group) is 1. The number of ether oxygens (including phenoxy) is 1. The number of methoxy groups -OCH3 is 1. The molecule has 2 rings (SSSR count). The van der Waals surface area contributed by atoms with E-state index in [1.165, 1.54) is 0 Å². The molecular formula is C22H27BrN2O3S. The van der Waals surface area contributed by atoms with Gasteiger partial charge in [-0.3, -0.25) is 9.59 Å². The van der Waals surface area contributed by atoms with Crippen LogP contribution in [-0.4, -0.2) is 42.7 Å². The fourth-order valence-corrected chi connectivity index (χ4v) is 4.07. The minimum Gasteiger partial charge on any atom is -0.497 e. The third kappa shape index (κ3) is 7.08. The first-order chi connectivity index (χ1) is 14.0. The summed E-state index contributed by atoms with van der Waals surface area (Å²) in [5, 5.41) is 2.68. The molecule has 0 spiro atoms. The van der Waals surface area contributed by atoms with E-state index in [1.54, 1.807) is 30.8 Å². The fourth-order valence-electron chi connectivity index (χ4n) is 2.93. The Bertz CT molecular complexity index is 797. The molecule has 0 bridgehead atoms. The lowest BCUT2D eigenvalue weighted by molar-refractivity contribution is -0.139. The Balaban J connectivity index is 2.08. The van der Waals surface area contributed by atoms with Gasteiger partial charge in [0.2, 0.25) is 11.8 Å². The standard InChI is InChI=1S/C22H27BrN2O3S/c1-4-20(22(27)24-2)25(13-16-7-11-19(28-3)12-8-16)21(26)15-29-14-17-5-9-18(23)10-6-17/h5-12,20H,4,13-15H2,1-3H3,(H,24,27)/t20-/m0/s1. The fraction of sp³-hybridized carbons (Fsp3) is 0.364. The predicted octanol–water partition coefficient (Wildman–Crippen LogP) is 4.24. The van der Waals surface area contributed by atoms with Crippen LogP contribution in [0.3, 0.4) is 0 Å². The van der Waals surface area contributed by atoms with Gasteiger partial charge in [0.25, 0.3) is 0 Å². The third-order valence-corrected chi connectivity index (χ3v) is 6.07. The second-order valence-corrected chi connectivity index (χ2v) is 8.43. The molecule has 0 heterocycles. The minimum atomic E-state index is -0.497. The van der Waals surface area contributed by atoms with Crippen LogP contribution in [0.1, 0.15) is 24.5 Å². The first-order valence-corrected chi connectivity index (χ1v) is 11.4. The summed E-state index contributed by atoms with van der Waals surface area (Å²) in [7, 11) is 3.22. The first-order valence-electron chi connectivity index (χ1n) is 9.44. The van der Waals surface area contributed by atoms with Crippen LogP contribution in [0.5, 0.6) is 5.75 Å². The van der Waals surface area contributed by atoms with Gasteiger partial charge in [-0.2, -0.15) is 0 Å². The Kier molecular flexibility index (Phi) is 9.54. The Hall–Kier alpha value is -1.99. The largest absolute Gasteiger partial charge is 0.497 e. The maximum absolute atomic E-state index is 13.0. The summed E-state index contributed by atoms with van der Waals surface area (Å²) in [5.41, 5.74) is 2.12. The zero-order valence-electron chi connectivity index (χ0n) is 17.0. The molecule has 0 aliphatic carbocycles. The second-order valence-electron chi connectivity index (χ2n) is 6.53. The summed E-state index contributed by atoms with van der Waals surface area (Å²) in [5.74, 6) is 1.63. The average molecular weight is 479 g/mol. The summed E-state index contributed by atoms with van der Waals surface area (Å²) in [4.78, 5) is 27.1. The minimum absolute atomic E-state index is 0.0432. The molecule has 1 atom stereocenters. The highest BCUT2D eigenvalue weighted by molar-refractivity contribution is 9.10. The van der Waals surface area contributed by atoms with Gasteiger partial charge in [0.1, 0.15) is 11.8 Å². The van der Waals surface area contributed by atoms with Gasteiger partial charge in [-0.15, -0.1) is 11.8 Å². The van der Waals surface area contributed by atoms with E-state index in [9.17, 15) is 9.59 Å². The number of carbonyl (C=O) groups is 2. The lowest BCUT2D eigenvalue weighted by Gasteiger charge is -2.30. The van der Waals surface area contributed by atoms with E-state index < -0.39 is 6.04 Å². The van der Waals surface area contributed by atoms with Gasteiger partial charge in [-0.25, -0.2) is 0 Å². The van der Waals surface area contributed by atoms with Crippen molar-refractivity contribution in [1.29, 1.82) is 0 Å². The number of nitrogens with zero attached hydrogens (tertiary/aromatic N) is 1. The van der Waals surface area contributed by atoms with Crippen molar-refractivity contribution in [2.24, 2.45) is 0 Å². The van der Waals surface area contributed by atoms with Gasteiger partial charge >= 0.3 is 0 Å². The zero-order valence-corrected chi connectivity index (χ0v) is 19.4. The number of halogens is 1. The van der Waals surface area contributed by atoms with Crippen LogP contribution in [0.25, 0.3) is 0 Å². The lowest BCUT2D eigenvalue weighted by atomic mass is 10.1. The molecule has 29 heavy (non-hydrogen) atoms. The molecular weight excluding hydrogens is 452 g/mol. The zero-order chi connectivity index (χ0) is 21.2. The summed E-state index contributed by atoms with van der Waals surface area (Å²) in [6, 6.07) is 15.1. The molecule has 0 aliphatic rings. The molecule has 0 radical (unpaired) electrons. The Morgan fingerprint density at radius 1 is 1.10 bits per heavy atom. The van der Waals surface area contributed by atoms with E-state index in [0.717, 1.165) is 27.1 Å². The summed E-state index contributed by atoms with van der Waals surface area (Å²) < 4.78 is 6.23. The average Bonchev–Trinajstić information content (AvgIpc) is 2.75. The quantitative estimate of drug-likeness (QED) is 0.554. The van der Waals surface area contributed by atoms with Gasteiger partial charge in [0.05, 0.1) is 12.9 Å². The highest BCUT2D eigenvalue weighted by Gasteiger charge is 2.27. The van der Waals surface area contributed by atoms with Crippen molar-refractivity contribution in [3.8, 4) is 5.75 Å². The van der Waals surface area contributed by atoms with Crippen molar-refractivity contribution in [2.45, 2.75) is 31.7 Å². The summed E-state index contributed by atoms with van der Waals surface area (Å²) in [6.07, 6.45) is 0.555. The van der Waals surface area contributed by atoms with E-state index in [4.69, 9.17) is 4.74 Å². The van der Waals surface area contributed by atoms with Crippen LogP contribution in [0, 0.1) is 0 Å². The molecule has 0 saturated heterocycles. The van der Waals surface area contributed by atoms with E-state index in [0.29, 0.717) is 18.7 Å². The molecule has 0 fully saturated rings. The molecule has 156 valence electrons. The van der Waals surface area contributed by atoms with Gasteiger partial charge in [0, 0.05) is 23.8 Å². The van der Waals surface area contributed by atoms with Gasteiger partial charge in [-0.1, -0.05) is 47.1 Å². The van der Waals surface area contributed by atoms with Gasteiger partial charge in [-0.05, 0) is 41.8 Å². The van der Waals surface area contributed by atoms with E-state index in [2.05, 4.69) is 21.2 Å². The van der Waals surface area contributed by atoms with Crippen molar-refractivity contribution in [3.05, 3.63) is 64.1 Å².